The van der Waals surface area contributed by atoms with E-state index in [4.69, 9.17) is 5.11 Å². The van der Waals surface area contributed by atoms with Gasteiger partial charge in [-0.25, -0.2) is 8.42 Å². The first-order chi connectivity index (χ1) is 9.71. The van der Waals surface area contributed by atoms with Gasteiger partial charge in [-0.2, -0.15) is 9.40 Å². The Morgan fingerprint density at radius 2 is 2.05 bits per heavy atom. The molecule has 1 aromatic heterocycles. The molecule has 0 bridgehead atoms. The minimum atomic E-state index is -3.63. The SMILES string of the molecule is CNCCN(C)S(=O)(=O)c1c(C)nn(CCC(=O)O)c1C. The second kappa shape index (κ2) is 7.01. The first kappa shape index (κ1) is 17.6. The van der Waals surface area contributed by atoms with Crippen LogP contribution in [0, 0.1) is 13.8 Å². The summed E-state index contributed by atoms with van der Waals surface area (Å²) in [4.78, 5) is 10.8. The van der Waals surface area contributed by atoms with Gasteiger partial charge in [-0.05, 0) is 20.9 Å². The highest BCUT2D eigenvalue weighted by Crippen LogP contribution is 2.22. The van der Waals surface area contributed by atoms with Crippen LogP contribution in [0.5, 0.6) is 0 Å². The summed E-state index contributed by atoms with van der Waals surface area (Å²) in [6, 6.07) is 0. The van der Waals surface area contributed by atoms with E-state index in [-0.39, 0.29) is 17.9 Å². The number of nitrogens with one attached hydrogen (secondary N) is 1. The van der Waals surface area contributed by atoms with Crippen molar-refractivity contribution >= 4 is 16.0 Å². The smallest absolute Gasteiger partial charge is 0.305 e. The number of nitrogens with zero attached hydrogens (tertiary/aromatic N) is 3. The van der Waals surface area contributed by atoms with E-state index in [1.165, 1.54) is 16.0 Å². The zero-order valence-corrected chi connectivity index (χ0v) is 13.6. The van der Waals surface area contributed by atoms with Crippen molar-refractivity contribution in [1.82, 2.24) is 19.4 Å². The number of rotatable bonds is 8. The maximum Gasteiger partial charge on any atom is 0.305 e. The average Bonchev–Trinajstić information content (AvgIpc) is 2.68. The molecule has 1 aromatic rings. The lowest BCUT2D eigenvalue weighted by atomic mass is 10.4. The Morgan fingerprint density at radius 1 is 1.43 bits per heavy atom. The van der Waals surface area contributed by atoms with E-state index in [1.807, 2.05) is 0 Å². The Bertz CT molecular complexity index is 609. The fourth-order valence-corrected chi connectivity index (χ4v) is 3.55. The van der Waals surface area contributed by atoms with Gasteiger partial charge in [0.15, 0.2) is 0 Å². The Labute approximate surface area is 124 Å². The van der Waals surface area contributed by atoms with Crippen LogP contribution in [-0.4, -0.2) is 60.8 Å². The Balaban J connectivity index is 3.09. The van der Waals surface area contributed by atoms with Gasteiger partial charge in [-0.1, -0.05) is 0 Å². The molecular formula is C12H22N4O4S. The number of aryl methyl sites for hydroxylation is 2. The van der Waals surface area contributed by atoms with Gasteiger partial charge in [0.1, 0.15) is 4.90 Å². The topological polar surface area (TPSA) is 105 Å². The molecule has 9 heteroatoms. The molecule has 0 saturated carbocycles. The van der Waals surface area contributed by atoms with Crippen molar-refractivity contribution in [2.75, 3.05) is 27.2 Å². The first-order valence-electron chi connectivity index (χ1n) is 6.58. The van der Waals surface area contributed by atoms with Crippen molar-refractivity contribution in [2.45, 2.75) is 31.7 Å². The number of likely N-dealkylation sites (N-methyl/N-ethyl adjacent to an activating group) is 2. The minimum Gasteiger partial charge on any atom is -0.481 e. The minimum absolute atomic E-state index is 0.100. The molecule has 0 aromatic carbocycles. The monoisotopic (exact) mass is 318 g/mol. The molecule has 21 heavy (non-hydrogen) atoms. The molecule has 0 spiro atoms. The highest BCUT2D eigenvalue weighted by molar-refractivity contribution is 7.89. The fraction of sp³-hybridized carbons (Fsp3) is 0.667. The third kappa shape index (κ3) is 4.02. The van der Waals surface area contributed by atoms with E-state index < -0.39 is 16.0 Å². The Morgan fingerprint density at radius 3 is 2.57 bits per heavy atom. The number of hydrogen-bond donors (Lipinski definition) is 2. The van der Waals surface area contributed by atoms with Gasteiger partial charge < -0.3 is 10.4 Å². The number of aromatic nitrogens is 2. The summed E-state index contributed by atoms with van der Waals surface area (Å²) >= 11 is 0. The van der Waals surface area contributed by atoms with Gasteiger partial charge in [0, 0.05) is 20.1 Å². The van der Waals surface area contributed by atoms with E-state index in [1.54, 1.807) is 20.9 Å². The molecule has 0 atom stereocenters. The number of hydrogen-bond acceptors (Lipinski definition) is 5. The molecule has 0 aliphatic heterocycles. The summed E-state index contributed by atoms with van der Waals surface area (Å²) in [7, 11) is -0.363. The maximum absolute atomic E-state index is 12.6. The molecule has 0 aliphatic carbocycles. The normalized spacial score (nSPS) is 12.0. The number of carboxylic acid groups (broad SMARTS) is 1. The largest absolute Gasteiger partial charge is 0.481 e. The van der Waals surface area contributed by atoms with Crippen LogP contribution < -0.4 is 5.32 Å². The lowest BCUT2D eigenvalue weighted by Gasteiger charge is -2.17. The van der Waals surface area contributed by atoms with E-state index in [0.29, 0.717) is 24.5 Å². The second-order valence-corrected chi connectivity index (χ2v) is 6.78. The van der Waals surface area contributed by atoms with Crippen LogP contribution in [0.2, 0.25) is 0 Å². The summed E-state index contributed by atoms with van der Waals surface area (Å²) in [5, 5.41) is 15.8. The molecule has 1 heterocycles. The number of aliphatic carboxylic acids is 1. The predicted octanol–water partition coefficient (Wildman–Crippen LogP) is -0.185. The molecule has 120 valence electrons. The quantitative estimate of drug-likeness (QED) is 0.689. The van der Waals surface area contributed by atoms with Crippen LogP contribution in [0.3, 0.4) is 0 Å². The van der Waals surface area contributed by atoms with E-state index in [2.05, 4.69) is 10.4 Å². The maximum atomic E-state index is 12.6. The van der Waals surface area contributed by atoms with Gasteiger partial charge in [0.05, 0.1) is 24.4 Å². The summed E-state index contributed by atoms with van der Waals surface area (Å²) in [6.07, 6.45) is -0.100. The molecule has 0 fully saturated rings. The average molecular weight is 318 g/mol. The molecule has 0 saturated heterocycles. The molecule has 8 nitrogen and oxygen atoms in total. The van der Waals surface area contributed by atoms with Crippen molar-refractivity contribution in [2.24, 2.45) is 0 Å². The lowest BCUT2D eigenvalue weighted by molar-refractivity contribution is -0.137. The van der Waals surface area contributed by atoms with Crippen LogP contribution in [0.1, 0.15) is 17.8 Å². The number of carboxylic acids is 1. The van der Waals surface area contributed by atoms with Gasteiger partial charge in [0.25, 0.3) is 0 Å². The van der Waals surface area contributed by atoms with Gasteiger partial charge in [0.2, 0.25) is 10.0 Å². The van der Waals surface area contributed by atoms with Crippen molar-refractivity contribution in [3.05, 3.63) is 11.4 Å². The van der Waals surface area contributed by atoms with Crippen LogP contribution in [0.25, 0.3) is 0 Å². The molecule has 0 aliphatic rings. The molecule has 0 unspecified atom stereocenters. The summed E-state index contributed by atoms with van der Waals surface area (Å²) in [5.74, 6) is -0.946. The summed E-state index contributed by atoms with van der Waals surface area (Å²) in [5.41, 5.74) is 0.847. The van der Waals surface area contributed by atoms with Crippen molar-refractivity contribution in [3.8, 4) is 0 Å². The van der Waals surface area contributed by atoms with Crippen molar-refractivity contribution in [3.63, 3.8) is 0 Å². The van der Waals surface area contributed by atoms with E-state index >= 15 is 0 Å². The molecule has 0 amide bonds. The Kier molecular flexibility index (Phi) is 5.87. The third-order valence-electron chi connectivity index (χ3n) is 3.20. The number of carbonyl (C=O) groups is 1. The molecule has 1 rings (SSSR count). The van der Waals surface area contributed by atoms with E-state index in [9.17, 15) is 13.2 Å². The molecular weight excluding hydrogens is 296 g/mol. The summed E-state index contributed by atoms with van der Waals surface area (Å²) in [6.45, 7) is 4.29. The van der Waals surface area contributed by atoms with E-state index in [0.717, 1.165) is 0 Å². The standard InChI is InChI=1S/C12H22N4O4S/c1-9-12(21(19,20)15(4)8-6-13-3)10(2)16(14-9)7-5-11(17)18/h13H,5-8H2,1-4H3,(H,17,18). The predicted molar refractivity (Wildman–Crippen MR) is 77.7 cm³/mol. The van der Waals surface area contributed by atoms with Crippen LogP contribution >= 0.6 is 0 Å². The van der Waals surface area contributed by atoms with Crippen LogP contribution in [0.4, 0.5) is 0 Å². The zero-order valence-electron chi connectivity index (χ0n) is 12.8. The van der Waals surface area contributed by atoms with Crippen molar-refractivity contribution < 1.29 is 18.3 Å². The van der Waals surface area contributed by atoms with Crippen molar-refractivity contribution in [1.29, 1.82) is 0 Å². The second-order valence-electron chi connectivity index (χ2n) is 4.80. The van der Waals surface area contributed by atoms with Gasteiger partial charge in [-0.3, -0.25) is 9.48 Å². The lowest BCUT2D eigenvalue weighted by Crippen LogP contribution is -2.33. The first-order valence-corrected chi connectivity index (χ1v) is 8.02. The zero-order chi connectivity index (χ0) is 16.2. The molecule has 2 N–H and O–H groups in total. The molecule has 0 radical (unpaired) electrons. The van der Waals surface area contributed by atoms with Gasteiger partial charge >= 0.3 is 5.97 Å². The van der Waals surface area contributed by atoms with Crippen LogP contribution in [0.15, 0.2) is 4.90 Å². The summed E-state index contributed by atoms with van der Waals surface area (Å²) < 4.78 is 27.8. The fourth-order valence-electron chi connectivity index (χ4n) is 2.02. The number of sulfonamides is 1. The highest BCUT2D eigenvalue weighted by Gasteiger charge is 2.28. The Hall–Kier alpha value is -1.45. The van der Waals surface area contributed by atoms with Gasteiger partial charge in [-0.15, -0.1) is 0 Å². The highest BCUT2D eigenvalue weighted by atomic mass is 32.2. The van der Waals surface area contributed by atoms with Crippen LogP contribution in [-0.2, 0) is 21.4 Å². The third-order valence-corrected chi connectivity index (χ3v) is 5.31.